The maximum absolute atomic E-state index is 11.7. The first kappa shape index (κ1) is 9.62. The molecular weight excluding hydrogens is 222 g/mol. The van der Waals surface area contributed by atoms with E-state index in [-0.39, 0.29) is 11.8 Å². The molecule has 3 heterocycles. The third kappa shape index (κ3) is 1.75. The van der Waals surface area contributed by atoms with Crippen LogP contribution >= 0.6 is 11.3 Å². The molecule has 0 aromatic carbocycles. The van der Waals surface area contributed by atoms with Gasteiger partial charge in [-0.25, -0.2) is 4.98 Å². The SMILES string of the molecule is O=C(c1nc(-c2ccccn2)cs1)C1CN1. The van der Waals surface area contributed by atoms with Gasteiger partial charge in [0.25, 0.3) is 0 Å². The summed E-state index contributed by atoms with van der Waals surface area (Å²) in [6, 6.07) is 5.64. The van der Waals surface area contributed by atoms with Gasteiger partial charge in [-0.1, -0.05) is 6.07 Å². The van der Waals surface area contributed by atoms with Crippen LogP contribution in [0.3, 0.4) is 0 Å². The number of nitrogens with one attached hydrogen (secondary N) is 1. The number of rotatable bonds is 3. The first-order valence-electron chi connectivity index (χ1n) is 4.99. The molecule has 1 unspecified atom stereocenters. The number of ketones is 1. The van der Waals surface area contributed by atoms with E-state index in [0.29, 0.717) is 5.01 Å². The van der Waals surface area contributed by atoms with E-state index in [4.69, 9.17) is 0 Å². The van der Waals surface area contributed by atoms with E-state index in [1.54, 1.807) is 6.20 Å². The summed E-state index contributed by atoms with van der Waals surface area (Å²) in [5, 5.41) is 5.42. The van der Waals surface area contributed by atoms with Gasteiger partial charge in [0.15, 0.2) is 5.01 Å². The molecule has 2 aromatic rings. The van der Waals surface area contributed by atoms with Crippen molar-refractivity contribution in [1.29, 1.82) is 0 Å². The first-order valence-corrected chi connectivity index (χ1v) is 5.87. The molecule has 4 nitrogen and oxygen atoms in total. The van der Waals surface area contributed by atoms with Gasteiger partial charge in [-0.05, 0) is 12.1 Å². The van der Waals surface area contributed by atoms with Gasteiger partial charge in [-0.2, -0.15) is 0 Å². The number of carbonyl (C=O) groups excluding carboxylic acids is 1. The molecular formula is C11H9N3OS. The van der Waals surface area contributed by atoms with Gasteiger partial charge in [0, 0.05) is 18.1 Å². The normalized spacial score (nSPS) is 18.4. The van der Waals surface area contributed by atoms with E-state index in [0.717, 1.165) is 17.9 Å². The fourth-order valence-corrected chi connectivity index (χ4v) is 2.22. The zero-order valence-electron chi connectivity index (χ0n) is 8.38. The number of carbonyl (C=O) groups is 1. The van der Waals surface area contributed by atoms with Gasteiger partial charge in [0.05, 0.1) is 11.7 Å². The summed E-state index contributed by atoms with van der Waals surface area (Å²) in [6.45, 7) is 0.775. The molecule has 0 saturated carbocycles. The molecule has 1 aliphatic rings. The van der Waals surface area contributed by atoms with E-state index in [1.807, 2.05) is 23.6 Å². The minimum atomic E-state index is -0.0114. The van der Waals surface area contributed by atoms with Crippen LogP contribution in [0.2, 0.25) is 0 Å². The predicted octanol–water partition coefficient (Wildman–Crippen LogP) is 1.36. The fraction of sp³-hybridized carbons (Fsp3) is 0.182. The molecule has 16 heavy (non-hydrogen) atoms. The van der Waals surface area contributed by atoms with Gasteiger partial charge < -0.3 is 5.32 Å². The molecule has 0 spiro atoms. The third-order valence-corrected chi connectivity index (χ3v) is 3.22. The second-order valence-electron chi connectivity index (χ2n) is 3.58. The van der Waals surface area contributed by atoms with Gasteiger partial charge in [-0.3, -0.25) is 9.78 Å². The molecule has 5 heteroatoms. The van der Waals surface area contributed by atoms with Gasteiger partial charge in [0.2, 0.25) is 5.78 Å². The van der Waals surface area contributed by atoms with Gasteiger partial charge >= 0.3 is 0 Å². The summed E-state index contributed by atoms with van der Waals surface area (Å²) in [5.74, 6) is 0.0900. The second kappa shape index (κ2) is 3.77. The number of thiazole rings is 1. The van der Waals surface area contributed by atoms with E-state index < -0.39 is 0 Å². The minimum Gasteiger partial charge on any atom is -0.304 e. The molecule has 0 radical (unpaired) electrons. The Kier molecular flexibility index (Phi) is 2.27. The van der Waals surface area contributed by atoms with Crippen molar-refractivity contribution in [3.63, 3.8) is 0 Å². The molecule has 2 aromatic heterocycles. The minimum absolute atomic E-state index is 0.0114. The highest BCUT2D eigenvalue weighted by Gasteiger charge is 2.31. The van der Waals surface area contributed by atoms with E-state index in [2.05, 4.69) is 15.3 Å². The molecule has 1 fully saturated rings. The van der Waals surface area contributed by atoms with Crippen molar-refractivity contribution >= 4 is 17.1 Å². The van der Waals surface area contributed by atoms with Crippen molar-refractivity contribution in [3.8, 4) is 11.4 Å². The van der Waals surface area contributed by atoms with Crippen molar-refractivity contribution in [1.82, 2.24) is 15.3 Å². The molecule has 3 rings (SSSR count). The topological polar surface area (TPSA) is 64.8 Å². The molecule has 80 valence electrons. The van der Waals surface area contributed by atoms with Crippen molar-refractivity contribution in [2.24, 2.45) is 0 Å². The summed E-state index contributed by atoms with van der Waals surface area (Å²) in [7, 11) is 0. The molecule has 0 aliphatic carbocycles. The lowest BCUT2D eigenvalue weighted by atomic mass is 10.3. The summed E-state index contributed by atoms with van der Waals surface area (Å²) in [5.41, 5.74) is 1.58. The lowest BCUT2D eigenvalue weighted by Crippen LogP contribution is -2.09. The number of pyridine rings is 1. The van der Waals surface area contributed by atoms with Crippen LogP contribution in [0.15, 0.2) is 29.8 Å². The Morgan fingerprint density at radius 1 is 1.44 bits per heavy atom. The highest BCUT2D eigenvalue weighted by atomic mass is 32.1. The van der Waals surface area contributed by atoms with Crippen molar-refractivity contribution in [2.45, 2.75) is 6.04 Å². The monoisotopic (exact) mass is 231 g/mol. The van der Waals surface area contributed by atoms with E-state index >= 15 is 0 Å². The molecule has 1 N–H and O–H groups in total. The number of nitrogens with zero attached hydrogens (tertiary/aromatic N) is 2. The molecule has 1 saturated heterocycles. The third-order valence-electron chi connectivity index (χ3n) is 2.37. The second-order valence-corrected chi connectivity index (χ2v) is 4.44. The van der Waals surface area contributed by atoms with Crippen LogP contribution < -0.4 is 5.32 Å². The average molecular weight is 231 g/mol. The number of hydrogen-bond acceptors (Lipinski definition) is 5. The fourth-order valence-electron chi connectivity index (χ4n) is 1.41. The van der Waals surface area contributed by atoms with Crippen molar-refractivity contribution in [2.75, 3.05) is 6.54 Å². The highest BCUT2D eigenvalue weighted by Crippen LogP contribution is 2.21. The van der Waals surface area contributed by atoms with E-state index in [9.17, 15) is 4.79 Å². The zero-order chi connectivity index (χ0) is 11.0. The van der Waals surface area contributed by atoms with Gasteiger partial charge in [-0.15, -0.1) is 11.3 Å². The number of hydrogen-bond donors (Lipinski definition) is 1. The van der Waals surface area contributed by atoms with Crippen LogP contribution in [0.5, 0.6) is 0 Å². The van der Waals surface area contributed by atoms with Crippen LogP contribution in [0.4, 0.5) is 0 Å². The Morgan fingerprint density at radius 2 is 2.31 bits per heavy atom. The highest BCUT2D eigenvalue weighted by molar-refractivity contribution is 7.12. The van der Waals surface area contributed by atoms with Crippen molar-refractivity contribution in [3.05, 3.63) is 34.8 Å². The number of Topliss-reactive ketones (excluding diaryl/α,β-unsaturated/α-hetero) is 1. The van der Waals surface area contributed by atoms with Gasteiger partial charge in [0.1, 0.15) is 5.69 Å². The maximum atomic E-state index is 11.7. The average Bonchev–Trinajstić information content (AvgIpc) is 3.07. The van der Waals surface area contributed by atoms with Crippen LogP contribution in [-0.4, -0.2) is 28.3 Å². The molecule has 1 atom stereocenters. The van der Waals surface area contributed by atoms with Crippen LogP contribution in [0, 0.1) is 0 Å². The summed E-state index contributed by atoms with van der Waals surface area (Å²) >= 11 is 1.38. The smallest absolute Gasteiger partial charge is 0.209 e. The standard InChI is InChI=1S/C11H9N3OS/c15-10(8-5-13-8)11-14-9(6-16-11)7-3-1-2-4-12-7/h1-4,6,8,13H,5H2. The Morgan fingerprint density at radius 3 is 3.00 bits per heavy atom. The summed E-state index contributed by atoms with van der Waals surface area (Å²) < 4.78 is 0. The van der Waals surface area contributed by atoms with Crippen LogP contribution in [0.1, 0.15) is 9.80 Å². The summed E-state index contributed by atoms with van der Waals surface area (Å²) in [4.78, 5) is 20.2. The first-order chi connectivity index (χ1) is 7.84. The molecule has 0 bridgehead atoms. The van der Waals surface area contributed by atoms with E-state index in [1.165, 1.54) is 11.3 Å². The lowest BCUT2D eigenvalue weighted by Gasteiger charge is -1.93. The maximum Gasteiger partial charge on any atom is 0.209 e. The van der Waals surface area contributed by atoms with Crippen molar-refractivity contribution < 1.29 is 4.79 Å². The lowest BCUT2D eigenvalue weighted by molar-refractivity contribution is 0.0990. The Labute approximate surface area is 96.4 Å². The molecule has 0 amide bonds. The van der Waals surface area contributed by atoms with Crippen LogP contribution in [0.25, 0.3) is 11.4 Å². The predicted molar refractivity (Wildman–Crippen MR) is 61.5 cm³/mol. The van der Waals surface area contributed by atoms with Crippen LogP contribution in [-0.2, 0) is 0 Å². The summed E-state index contributed by atoms with van der Waals surface area (Å²) in [6.07, 6.45) is 1.72. The Bertz CT molecular complexity index is 519. The quantitative estimate of drug-likeness (QED) is 0.640. The Hall–Kier alpha value is -1.59. The largest absolute Gasteiger partial charge is 0.304 e. The molecule has 1 aliphatic heterocycles. The number of aromatic nitrogens is 2. The Balaban J connectivity index is 1.90. The zero-order valence-corrected chi connectivity index (χ0v) is 9.20.